The molecule has 0 bridgehead atoms. The fraction of sp³-hybridized carbons (Fsp3) is 0.333. The van der Waals surface area contributed by atoms with Gasteiger partial charge >= 0.3 is 5.97 Å². The zero-order valence-corrected chi connectivity index (χ0v) is 11.2. The summed E-state index contributed by atoms with van der Waals surface area (Å²) in [6.45, 7) is 5.61. The van der Waals surface area contributed by atoms with Gasteiger partial charge in [0.25, 0.3) is 5.95 Å². The van der Waals surface area contributed by atoms with E-state index >= 15 is 0 Å². The molecule has 0 saturated carbocycles. The van der Waals surface area contributed by atoms with Crippen LogP contribution in [0.2, 0.25) is 0 Å². The van der Waals surface area contributed by atoms with E-state index in [1.165, 1.54) is 12.1 Å². The molecule has 4 nitrogen and oxygen atoms in total. The van der Waals surface area contributed by atoms with Crippen molar-refractivity contribution in [2.45, 2.75) is 27.2 Å². The predicted molar refractivity (Wildman–Crippen MR) is 71.0 cm³/mol. The van der Waals surface area contributed by atoms with Gasteiger partial charge in [0.05, 0.1) is 6.07 Å². The summed E-state index contributed by atoms with van der Waals surface area (Å²) in [5.41, 5.74) is 1.39. The Bertz CT molecular complexity index is 619. The Kier molecular flexibility index (Phi) is 3.69. The number of carbonyl (C=O) groups is 1. The number of carbonyl (C=O) groups excluding carboxylic acids is 1. The number of esters is 1. The van der Waals surface area contributed by atoms with E-state index in [-0.39, 0.29) is 11.4 Å². The molecule has 1 aliphatic carbocycles. The highest BCUT2D eigenvalue weighted by Gasteiger charge is 2.19. The highest BCUT2D eigenvalue weighted by atomic mass is 16.6. The molecule has 1 unspecified atom stereocenters. The Morgan fingerprint density at radius 2 is 2.11 bits per heavy atom. The lowest BCUT2D eigenvalue weighted by molar-refractivity contribution is -0.131. The van der Waals surface area contributed by atoms with E-state index in [0.717, 1.165) is 5.57 Å². The lowest BCUT2D eigenvalue weighted by Crippen LogP contribution is -2.16. The Morgan fingerprint density at radius 1 is 1.37 bits per heavy atom. The van der Waals surface area contributed by atoms with Crippen molar-refractivity contribution < 1.29 is 13.9 Å². The molecule has 0 aliphatic heterocycles. The fourth-order valence-corrected chi connectivity index (χ4v) is 2.16. The van der Waals surface area contributed by atoms with Crippen LogP contribution in [-0.2, 0) is 4.79 Å². The summed E-state index contributed by atoms with van der Waals surface area (Å²) < 4.78 is 10.3. The summed E-state index contributed by atoms with van der Waals surface area (Å²) in [5, 5.41) is 0. The molecule has 1 aromatic heterocycles. The van der Waals surface area contributed by atoms with Gasteiger partial charge in [-0.1, -0.05) is 18.6 Å². The lowest BCUT2D eigenvalue weighted by Gasteiger charge is -2.15. The van der Waals surface area contributed by atoms with Crippen molar-refractivity contribution in [1.29, 1.82) is 0 Å². The topological polar surface area (TPSA) is 56.5 Å². The van der Waals surface area contributed by atoms with Gasteiger partial charge in [-0.2, -0.15) is 0 Å². The van der Waals surface area contributed by atoms with Gasteiger partial charge in [0.1, 0.15) is 5.76 Å². The maximum absolute atomic E-state index is 12.0. The average molecular weight is 260 g/mol. The van der Waals surface area contributed by atoms with Crippen LogP contribution in [0, 0.1) is 12.8 Å². The zero-order chi connectivity index (χ0) is 14.0. The molecule has 4 heteroatoms. The first-order chi connectivity index (χ1) is 8.94. The lowest BCUT2D eigenvalue weighted by atomic mass is 9.92. The monoisotopic (exact) mass is 260 g/mol. The van der Waals surface area contributed by atoms with Crippen LogP contribution in [0.1, 0.15) is 26.0 Å². The van der Waals surface area contributed by atoms with Gasteiger partial charge in [-0.3, -0.25) is 4.79 Å². The van der Waals surface area contributed by atoms with Gasteiger partial charge in [-0.15, -0.1) is 0 Å². The average Bonchev–Trinajstić information content (AvgIpc) is 2.25. The van der Waals surface area contributed by atoms with E-state index < -0.39 is 5.97 Å². The van der Waals surface area contributed by atoms with E-state index in [2.05, 4.69) is 6.08 Å². The predicted octanol–water partition coefficient (Wildman–Crippen LogP) is 2.77. The van der Waals surface area contributed by atoms with Crippen molar-refractivity contribution in [3.63, 3.8) is 0 Å². The van der Waals surface area contributed by atoms with Crippen molar-refractivity contribution in [1.82, 2.24) is 0 Å². The molecule has 1 heterocycles. The van der Waals surface area contributed by atoms with E-state index in [0.29, 0.717) is 23.7 Å². The summed E-state index contributed by atoms with van der Waals surface area (Å²) >= 11 is 0. The Hall–Kier alpha value is -2.10. The van der Waals surface area contributed by atoms with Crippen molar-refractivity contribution in [2.24, 2.45) is 5.92 Å². The molecule has 19 heavy (non-hydrogen) atoms. The number of hydrogen-bond acceptors (Lipinski definition) is 4. The first kappa shape index (κ1) is 13.3. The van der Waals surface area contributed by atoms with Crippen molar-refractivity contribution >= 4 is 5.97 Å². The molecule has 0 amide bonds. The highest BCUT2D eigenvalue weighted by molar-refractivity contribution is 5.90. The Labute approximate surface area is 111 Å². The van der Waals surface area contributed by atoms with Gasteiger partial charge in [-0.25, -0.2) is 4.79 Å². The third-order valence-corrected chi connectivity index (χ3v) is 2.81. The van der Waals surface area contributed by atoms with Gasteiger partial charge in [-0.05, 0) is 32.3 Å². The molecule has 0 N–H and O–H groups in total. The third kappa shape index (κ3) is 3.44. The van der Waals surface area contributed by atoms with E-state index in [4.69, 9.17) is 9.15 Å². The van der Waals surface area contributed by atoms with Crippen LogP contribution in [-0.4, -0.2) is 5.97 Å². The van der Waals surface area contributed by atoms with Crippen LogP contribution in [0.5, 0.6) is 5.95 Å². The number of rotatable bonds is 2. The van der Waals surface area contributed by atoms with Crippen molar-refractivity contribution in [3.8, 4) is 5.95 Å². The minimum Gasteiger partial charge on any atom is -0.431 e. The first-order valence-electron chi connectivity index (χ1n) is 6.17. The number of allylic oxidation sites excluding steroid dienone is 3. The summed E-state index contributed by atoms with van der Waals surface area (Å²) in [6, 6.07) is 2.51. The molecule has 0 aromatic carbocycles. The molecule has 0 radical (unpaired) electrons. The Balaban J connectivity index is 2.18. The molecule has 2 rings (SSSR count). The van der Waals surface area contributed by atoms with Crippen LogP contribution >= 0.6 is 0 Å². The minimum absolute atomic E-state index is 0.0595. The second-order valence-corrected chi connectivity index (χ2v) is 4.87. The van der Waals surface area contributed by atoms with Gasteiger partial charge in [0, 0.05) is 11.6 Å². The van der Waals surface area contributed by atoms with Gasteiger partial charge < -0.3 is 9.15 Å². The summed E-state index contributed by atoms with van der Waals surface area (Å²) in [4.78, 5) is 23.3. The maximum Gasteiger partial charge on any atom is 0.341 e. The molecule has 0 fully saturated rings. The largest absolute Gasteiger partial charge is 0.431 e. The van der Waals surface area contributed by atoms with Crippen molar-refractivity contribution in [3.05, 3.63) is 51.4 Å². The smallest absolute Gasteiger partial charge is 0.341 e. The van der Waals surface area contributed by atoms with E-state index in [1.54, 1.807) is 13.0 Å². The molecule has 1 aliphatic rings. The molecule has 100 valence electrons. The molecule has 1 atom stereocenters. The molecular weight excluding hydrogens is 244 g/mol. The summed E-state index contributed by atoms with van der Waals surface area (Å²) in [6.07, 6.45) is 4.53. The van der Waals surface area contributed by atoms with Crippen LogP contribution in [0.4, 0.5) is 0 Å². The SMILES string of the molecule is CC1=CC(C)CC(C(=O)Oc2cc(=O)cc(C)o2)=C1. The van der Waals surface area contributed by atoms with Gasteiger partial charge in [0.15, 0.2) is 5.43 Å². The number of hydrogen-bond donors (Lipinski definition) is 0. The summed E-state index contributed by atoms with van der Waals surface area (Å²) in [5.74, 6) is 0.193. The van der Waals surface area contributed by atoms with Crippen LogP contribution in [0.25, 0.3) is 0 Å². The highest BCUT2D eigenvalue weighted by Crippen LogP contribution is 2.23. The molecular formula is C15H16O4. The quantitative estimate of drug-likeness (QED) is 0.767. The Morgan fingerprint density at radius 3 is 2.74 bits per heavy atom. The second kappa shape index (κ2) is 5.26. The number of ether oxygens (including phenoxy) is 1. The molecule has 0 saturated heterocycles. The number of aryl methyl sites for hydroxylation is 1. The van der Waals surface area contributed by atoms with Crippen molar-refractivity contribution in [2.75, 3.05) is 0 Å². The first-order valence-corrected chi connectivity index (χ1v) is 6.17. The standard InChI is InChI=1S/C15H16O4/c1-9-4-10(2)6-12(5-9)15(17)19-14-8-13(16)7-11(3)18-14/h4-5,7-8,10H,6H2,1-3H3. The van der Waals surface area contributed by atoms with Gasteiger partial charge in [0.2, 0.25) is 0 Å². The van der Waals surface area contributed by atoms with E-state index in [9.17, 15) is 9.59 Å². The minimum atomic E-state index is -0.465. The van der Waals surface area contributed by atoms with Crippen LogP contribution in [0.15, 0.2) is 44.6 Å². The molecule has 1 aromatic rings. The third-order valence-electron chi connectivity index (χ3n) is 2.81. The zero-order valence-electron chi connectivity index (χ0n) is 11.2. The van der Waals surface area contributed by atoms with Crippen LogP contribution in [0.3, 0.4) is 0 Å². The van der Waals surface area contributed by atoms with Crippen LogP contribution < -0.4 is 10.2 Å². The molecule has 0 spiro atoms. The fourth-order valence-electron chi connectivity index (χ4n) is 2.16. The summed E-state index contributed by atoms with van der Waals surface area (Å²) in [7, 11) is 0. The normalized spacial score (nSPS) is 18.6. The van der Waals surface area contributed by atoms with E-state index in [1.807, 2.05) is 13.8 Å². The maximum atomic E-state index is 12.0. The second-order valence-electron chi connectivity index (χ2n) is 4.87.